The number of aromatic nitrogens is 2. The minimum Gasteiger partial charge on any atom is -0.392 e. The summed E-state index contributed by atoms with van der Waals surface area (Å²) in [5, 5.41) is 16.8. The third-order valence-electron chi connectivity index (χ3n) is 10.9. The zero-order valence-corrected chi connectivity index (χ0v) is 28.5. The Morgan fingerprint density at radius 1 is 0.796 bits per heavy atom. The molecule has 5 aliphatic rings. The second-order valence-electron chi connectivity index (χ2n) is 14.5. The SMILES string of the molecule is O=C(NCc1cccc(-c2ccc(C3OC(CSc4ncccn4)CC(c4ccc(CO)cc4)O3)cc2)c1)NC12CC3CC(CC(C3)C1)C2. The summed E-state index contributed by atoms with van der Waals surface area (Å²) in [6.45, 7) is 0.499. The lowest BCUT2D eigenvalue weighted by molar-refractivity contribution is -0.245. The fourth-order valence-electron chi connectivity index (χ4n) is 8.97. The lowest BCUT2D eigenvalue weighted by atomic mass is 9.53. The summed E-state index contributed by atoms with van der Waals surface area (Å²) in [5.74, 6) is 3.10. The summed E-state index contributed by atoms with van der Waals surface area (Å²) >= 11 is 1.58. The van der Waals surface area contributed by atoms with E-state index in [1.165, 1.54) is 19.3 Å². The molecule has 1 aliphatic heterocycles. The van der Waals surface area contributed by atoms with E-state index in [0.717, 1.165) is 75.6 Å². The number of hydrogen-bond acceptors (Lipinski definition) is 7. The van der Waals surface area contributed by atoms with Crippen molar-refractivity contribution < 1.29 is 19.4 Å². The average Bonchev–Trinajstić information content (AvgIpc) is 3.13. The van der Waals surface area contributed by atoms with Gasteiger partial charge in [-0.15, -0.1) is 0 Å². The molecule has 8 nitrogen and oxygen atoms in total. The van der Waals surface area contributed by atoms with E-state index >= 15 is 0 Å². The molecule has 254 valence electrons. The Hall–Kier alpha value is -3.76. The van der Waals surface area contributed by atoms with E-state index in [1.807, 2.05) is 30.3 Å². The van der Waals surface area contributed by atoms with Crippen LogP contribution in [0.4, 0.5) is 4.79 Å². The fourth-order valence-corrected chi connectivity index (χ4v) is 9.80. The highest BCUT2D eigenvalue weighted by molar-refractivity contribution is 7.99. The van der Waals surface area contributed by atoms with Crippen LogP contribution in [0.2, 0.25) is 0 Å². The van der Waals surface area contributed by atoms with Crippen LogP contribution in [-0.4, -0.2) is 38.5 Å². The number of carbonyl (C=O) groups excluding carboxylic acids is 1. The Morgan fingerprint density at radius 3 is 2.18 bits per heavy atom. The Bertz CT molecular complexity index is 1700. The number of nitrogens with zero attached hydrogens (tertiary/aromatic N) is 2. The molecule has 1 aromatic heterocycles. The highest BCUT2D eigenvalue weighted by Crippen LogP contribution is 2.55. The second-order valence-corrected chi connectivity index (χ2v) is 15.5. The molecule has 3 atom stereocenters. The van der Waals surface area contributed by atoms with E-state index in [2.05, 4.69) is 69.1 Å². The molecule has 49 heavy (non-hydrogen) atoms. The van der Waals surface area contributed by atoms with Gasteiger partial charge in [-0.25, -0.2) is 14.8 Å². The predicted molar refractivity (Wildman–Crippen MR) is 189 cm³/mol. The van der Waals surface area contributed by atoms with Crippen molar-refractivity contribution >= 4 is 17.8 Å². The van der Waals surface area contributed by atoms with Crippen LogP contribution in [0, 0.1) is 17.8 Å². The van der Waals surface area contributed by atoms with Crippen molar-refractivity contribution in [2.24, 2.45) is 17.8 Å². The van der Waals surface area contributed by atoms with Gasteiger partial charge in [-0.2, -0.15) is 0 Å². The van der Waals surface area contributed by atoms with Crippen LogP contribution in [0.15, 0.2) is 96.4 Å². The van der Waals surface area contributed by atoms with Gasteiger partial charge in [-0.1, -0.05) is 78.5 Å². The first-order valence-corrected chi connectivity index (χ1v) is 18.6. The quantitative estimate of drug-likeness (QED) is 0.117. The monoisotopic (exact) mass is 676 g/mol. The van der Waals surface area contributed by atoms with Gasteiger partial charge in [-0.05, 0) is 96.2 Å². The number of amides is 2. The number of thioether (sulfide) groups is 1. The van der Waals surface area contributed by atoms with Gasteiger partial charge in [0.2, 0.25) is 0 Å². The van der Waals surface area contributed by atoms with Gasteiger partial charge >= 0.3 is 6.03 Å². The summed E-state index contributed by atoms with van der Waals surface area (Å²) in [6, 6.07) is 26.5. The Labute approximate surface area is 292 Å². The van der Waals surface area contributed by atoms with E-state index in [-0.39, 0.29) is 30.4 Å². The summed E-state index contributed by atoms with van der Waals surface area (Å²) in [6.07, 6.45) is 11.0. The largest absolute Gasteiger partial charge is 0.392 e. The maximum absolute atomic E-state index is 13.1. The van der Waals surface area contributed by atoms with E-state index in [0.29, 0.717) is 18.7 Å². The summed E-state index contributed by atoms with van der Waals surface area (Å²) in [5.41, 5.74) is 6.14. The minimum atomic E-state index is -0.532. The van der Waals surface area contributed by atoms with E-state index in [9.17, 15) is 9.90 Å². The first-order chi connectivity index (χ1) is 24.0. The van der Waals surface area contributed by atoms with Crippen LogP contribution in [-0.2, 0) is 22.6 Å². The average molecular weight is 677 g/mol. The van der Waals surface area contributed by atoms with Crippen LogP contribution >= 0.6 is 11.8 Å². The minimum absolute atomic E-state index is 0.00785. The molecule has 9 rings (SSSR count). The van der Waals surface area contributed by atoms with E-state index in [4.69, 9.17) is 9.47 Å². The standard InChI is InChI=1S/C40H44N4O4S/c45-24-26-5-7-32(8-6-26)36-19-35(25-49-39-41-13-2-14-42-39)47-37(48-36)33-11-9-31(10-12-33)34-4-1-3-27(18-34)23-43-38(46)44-40-20-28-15-29(21-40)17-30(16-28)22-40/h1-14,18,28-30,35-37,45H,15-17,19-25H2,(H2,43,44,46). The molecule has 5 fully saturated rings. The van der Waals surface area contributed by atoms with Crippen molar-refractivity contribution in [1.29, 1.82) is 0 Å². The number of hydrogen-bond donors (Lipinski definition) is 3. The van der Waals surface area contributed by atoms with E-state index in [1.54, 1.807) is 24.2 Å². The number of carbonyl (C=O) groups is 1. The Kier molecular flexibility index (Phi) is 9.42. The number of benzene rings is 3. The van der Waals surface area contributed by atoms with Crippen molar-refractivity contribution in [1.82, 2.24) is 20.6 Å². The first kappa shape index (κ1) is 32.4. The summed E-state index contributed by atoms with van der Waals surface area (Å²) in [7, 11) is 0. The summed E-state index contributed by atoms with van der Waals surface area (Å²) in [4.78, 5) is 21.8. The number of aliphatic hydroxyl groups is 1. The van der Waals surface area contributed by atoms with Crippen molar-refractivity contribution in [3.63, 3.8) is 0 Å². The predicted octanol–water partition coefficient (Wildman–Crippen LogP) is 7.74. The fraction of sp³-hybridized carbons (Fsp3) is 0.425. The zero-order chi connectivity index (χ0) is 33.2. The molecular formula is C40H44N4O4S. The van der Waals surface area contributed by atoms with Gasteiger partial charge in [0, 0.05) is 42.2 Å². The van der Waals surface area contributed by atoms with Crippen LogP contribution < -0.4 is 10.6 Å². The molecule has 3 aromatic carbocycles. The number of aliphatic hydroxyl groups excluding tert-OH is 1. The van der Waals surface area contributed by atoms with Crippen molar-refractivity contribution in [3.05, 3.63) is 114 Å². The third-order valence-corrected chi connectivity index (χ3v) is 11.9. The van der Waals surface area contributed by atoms with Crippen LogP contribution in [0.3, 0.4) is 0 Å². The lowest BCUT2D eigenvalue weighted by Crippen LogP contribution is -2.61. The highest BCUT2D eigenvalue weighted by Gasteiger charge is 2.51. The smallest absolute Gasteiger partial charge is 0.315 e. The molecule has 4 bridgehead atoms. The van der Waals surface area contributed by atoms with Gasteiger partial charge < -0.3 is 25.2 Å². The van der Waals surface area contributed by atoms with Gasteiger partial charge in [-0.3, -0.25) is 0 Å². The molecular weight excluding hydrogens is 633 g/mol. The molecule has 4 saturated carbocycles. The molecule has 3 unspecified atom stereocenters. The number of ether oxygens (including phenoxy) is 2. The molecule has 0 radical (unpaired) electrons. The van der Waals surface area contributed by atoms with E-state index < -0.39 is 6.29 Å². The maximum atomic E-state index is 13.1. The molecule has 2 heterocycles. The number of nitrogens with one attached hydrogen (secondary N) is 2. The molecule has 3 N–H and O–H groups in total. The van der Waals surface area contributed by atoms with Gasteiger partial charge in [0.1, 0.15) is 0 Å². The lowest BCUT2D eigenvalue weighted by Gasteiger charge is -2.56. The third kappa shape index (κ3) is 7.55. The molecule has 1 saturated heterocycles. The molecule has 0 spiro atoms. The number of rotatable bonds is 10. The van der Waals surface area contributed by atoms with Crippen LogP contribution in [0.25, 0.3) is 11.1 Å². The number of urea groups is 1. The van der Waals surface area contributed by atoms with Gasteiger partial charge in [0.05, 0.1) is 18.8 Å². The molecule has 9 heteroatoms. The van der Waals surface area contributed by atoms with Gasteiger partial charge in [0.15, 0.2) is 11.4 Å². The first-order valence-electron chi connectivity index (χ1n) is 17.6. The van der Waals surface area contributed by atoms with Crippen LogP contribution in [0.1, 0.15) is 79.6 Å². The van der Waals surface area contributed by atoms with Crippen molar-refractivity contribution in [2.75, 3.05) is 5.75 Å². The molecule has 4 aromatic rings. The van der Waals surface area contributed by atoms with Crippen molar-refractivity contribution in [2.45, 2.75) is 87.3 Å². The summed E-state index contributed by atoms with van der Waals surface area (Å²) < 4.78 is 13.1. The van der Waals surface area contributed by atoms with Crippen molar-refractivity contribution in [3.8, 4) is 11.1 Å². The van der Waals surface area contributed by atoms with Crippen LogP contribution in [0.5, 0.6) is 0 Å². The normalized spacial score (nSPS) is 28.7. The zero-order valence-electron chi connectivity index (χ0n) is 27.7. The Morgan fingerprint density at radius 2 is 1.49 bits per heavy atom. The topological polar surface area (TPSA) is 106 Å². The Balaban J connectivity index is 0.919. The maximum Gasteiger partial charge on any atom is 0.315 e. The second kappa shape index (κ2) is 14.2. The molecule has 2 amide bonds. The molecule has 4 aliphatic carbocycles. The van der Waals surface area contributed by atoms with Gasteiger partial charge in [0.25, 0.3) is 0 Å². The highest BCUT2D eigenvalue weighted by atomic mass is 32.2.